The van der Waals surface area contributed by atoms with E-state index in [1.807, 2.05) is 0 Å². The van der Waals surface area contributed by atoms with Crippen molar-refractivity contribution in [2.24, 2.45) is 0 Å². The van der Waals surface area contributed by atoms with E-state index in [0.717, 1.165) is 12.8 Å². The number of rotatable bonds is 9. The number of ether oxygens (including phenoxy) is 1. The molecule has 6 heteroatoms. The van der Waals surface area contributed by atoms with Crippen molar-refractivity contribution in [1.82, 2.24) is 10.6 Å². The Morgan fingerprint density at radius 2 is 2.17 bits per heavy atom. The van der Waals surface area contributed by atoms with Crippen LogP contribution in [0.4, 0.5) is 4.79 Å². The fourth-order valence-electron chi connectivity index (χ4n) is 1.11. The van der Waals surface area contributed by atoms with E-state index in [1.165, 1.54) is 0 Å². The molecule has 0 heterocycles. The van der Waals surface area contributed by atoms with Crippen LogP contribution in [0.5, 0.6) is 0 Å². The lowest BCUT2D eigenvalue weighted by atomic mass is 10.2. The summed E-state index contributed by atoms with van der Waals surface area (Å²) < 4.78 is 5.23. The van der Waals surface area contributed by atoms with Gasteiger partial charge in [0.2, 0.25) is 0 Å². The van der Waals surface area contributed by atoms with Crippen LogP contribution in [0.3, 0.4) is 0 Å². The molecule has 0 aromatic rings. The van der Waals surface area contributed by atoms with Crippen LogP contribution in [0.25, 0.3) is 0 Å². The van der Waals surface area contributed by atoms with Crippen molar-refractivity contribution in [2.45, 2.75) is 32.2 Å². The second-order valence-electron chi connectivity index (χ2n) is 3.67. The zero-order valence-electron chi connectivity index (χ0n) is 10.6. The molecule has 3 N–H and O–H groups in total. The predicted molar refractivity (Wildman–Crippen MR) is 67.1 cm³/mol. The zero-order chi connectivity index (χ0) is 13.8. The summed E-state index contributed by atoms with van der Waals surface area (Å²) in [5, 5.41) is 13.5. The Labute approximate surface area is 107 Å². The first-order valence-corrected chi connectivity index (χ1v) is 5.90. The first-order valence-electron chi connectivity index (χ1n) is 5.90. The molecular weight excluding hydrogens is 236 g/mol. The molecule has 0 aliphatic heterocycles. The third-order valence-corrected chi connectivity index (χ3v) is 2.10. The van der Waals surface area contributed by atoms with Crippen LogP contribution in [-0.4, -0.2) is 42.9 Å². The highest BCUT2D eigenvalue weighted by atomic mass is 16.5. The van der Waals surface area contributed by atoms with Crippen LogP contribution in [0, 0.1) is 12.3 Å². The third kappa shape index (κ3) is 8.42. The quantitative estimate of drug-likeness (QED) is 0.416. The van der Waals surface area contributed by atoms with Gasteiger partial charge in [-0.3, -0.25) is 0 Å². The molecule has 0 radical (unpaired) electrons. The van der Waals surface area contributed by atoms with Gasteiger partial charge >= 0.3 is 12.0 Å². The Kier molecular flexibility index (Phi) is 9.41. The molecule has 0 fully saturated rings. The molecule has 102 valence electrons. The van der Waals surface area contributed by atoms with Gasteiger partial charge in [0.25, 0.3) is 0 Å². The van der Waals surface area contributed by atoms with E-state index in [9.17, 15) is 9.59 Å². The average molecular weight is 256 g/mol. The van der Waals surface area contributed by atoms with Gasteiger partial charge < -0.3 is 20.5 Å². The molecule has 0 saturated heterocycles. The van der Waals surface area contributed by atoms with Gasteiger partial charge in [-0.15, -0.1) is 12.3 Å². The van der Waals surface area contributed by atoms with Crippen LogP contribution in [-0.2, 0) is 9.53 Å². The summed E-state index contributed by atoms with van der Waals surface area (Å²) in [6.45, 7) is 3.46. The van der Waals surface area contributed by atoms with Gasteiger partial charge in [-0.05, 0) is 6.42 Å². The van der Waals surface area contributed by atoms with Crippen molar-refractivity contribution in [1.29, 1.82) is 0 Å². The summed E-state index contributed by atoms with van der Waals surface area (Å²) >= 11 is 0. The van der Waals surface area contributed by atoms with Gasteiger partial charge in [0, 0.05) is 19.6 Å². The molecule has 0 aliphatic carbocycles. The molecule has 0 aromatic heterocycles. The van der Waals surface area contributed by atoms with E-state index in [0.29, 0.717) is 19.8 Å². The van der Waals surface area contributed by atoms with Gasteiger partial charge in [-0.1, -0.05) is 13.3 Å². The summed E-state index contributed by atoms with van der Waals surface area (Å²) in [6, 6.07) is -1.62. The number of carbonyl (C=O) groups excluding carboxylic acids is 1. The zero-order valence-corrected chi connectivity index (χ0v) is 10.6. The Morgan fingerprint density at radius 3 is 2.72 bits per heavy atom. The number of terminal acetylenes is 1. The molecule has 1 atom stereocenters. The molecule has 6 nitrogen and oxygen atoms in total. The minimum atomic E-state index is -1.15. The summed E-state index contributed by atoms with van der Waals surface area (Å²) in [5.41, 5.74) is 0. The van der Waals surface area contributed by atoms with Crippen LogP contribution in [0.15, 0.2) is 0 Å². The van der Waals surface area contributed by atoms with E-state index in [-0.39, 0.29) is 6.42 Å². The maximum absolute atomic E-state index is 11.3. The fourth-order valence-corrected chi connectivity index (χ4v) is 1.11. The standard InChI is InChI=1S/C12H20N2O4/c1-3-5-8-18-9-7-13-12(17)14-10(6-4-2)11(15)16/h2,10H,3,5-9H2,1H3,(H,15,16)(H2,13,14,17). The van der Waals surface area contributed by atoms with Crippen molar-refractivity contribution in [3.8, 4) is 12.3 Å². The lowest BCUT2D eigenvalue weighted by Crippen LogP contribution is -2.46. The Morgan fingerprint density at radius 1 is 1.44 bits per heavy atom. The van der Waals surface area contributed by atoms with Crippen molar-refractivity contribution in [3.63, 3.8) is 0 Å². The lowest BCUT2D eigenvalue weighted by molar-refractivity contribution is -0.139. The van der Waals surface area contributed by atoms with Crippen LogP contribution in [0.1, 0.15) is 26.2 Å². The van der Waals surface area contributed by atoms with Gasteiger partial charge in [0.15, 0.2) is 0 Å². The second kappa shape index (κ2) is 10.4. The van der Waals surface area contributed by atoms with Crippen LogP contribution >= 0.6 is 0 Å². The van der Waals surface area contributed by atoms with Crippen molar-refractivity contribution >= 4 is 12.0 Å². The number of urea groups is 1. The smallest absolute Gasteiger partial charge is 0.327 e. The number of hydrogen-bond acceptors (Lipinski definition) is 3. The van der Waals surface area contributed by atoms with Gasteiger partial charge in [0.1, 0.15) is 6.04 Å². The predicted octanol–water partition coefficient (Wildman–Crippen LogP) is 0.579. The van der Waals surface area contributed by atoms with Crippen LogP contribution in [0.2, 0.25) is 0 Å². The number of carboxylic acid groups (broad SMARTS) is 1. The highest BCUT2D eigenvalue weighted by Crippen LogP contribution is 1.90. The first-order chi connectivity index (χ1) is 8.61. The number of amides is 2. The maximum Gasteiger partial charge on any atom is 0.327 e. The van der Waals surface area contributed by atoms with Crippen molar-refractivity contribution in [2.75, 3.05) is 19.8 Å². The minimum absolute atomic E-state index is 0.0459. The molecule has 0 bridgehead atoms. The molecule has 0 aromatic carbocycles. The Bertz CT molecular complexity index is 299. The molecule has 0 saturated carbocycles. The molecular formula is C12H20N2O4. The SMILES string of the molecule is C#CCC(NC(=O)NCCOCCCC)C(=O)O. The molecule has 18 heavy (non-hydrogen) atoms. The van der Waals surface area contributed by atoms with E-state index in [1.54, 1.807) is 0 Å². The monoisotopic (exact) mass is 256 g/mol. The van der Waals surface area contributed by atoms with Crippen molar-refractivity contribution < 1.29 is 19.4 Å². The van der Waals surface area contributed by atoms with E-state index < -0.39 is 18.0 Å². The Hall–Kier alpha value is -1.74. The van der Waals surface area contributed by atoms with Gasteiger partial charge in [-0.2, -0.15) is 0 Å². The number of hydrogen-bond donors (Lipinski definition) is 3. The number of carbonyl (C=O) groups is 2. The largest absolute Gasteiger partial charge is 0.480 e. The van der Waals surface area contributed by atoms with Gasteiger partial charge in [-0.25, -0.2) is 9.59 Å². The average Bonchev–Trinajstić information content (AvgIpc) is 2.33. The number of aliphatic carboxylic acids is 1. The first kappa shape index (κ1) is 16.3. The summed E-state index contributed by atoms with van der Waals surface area (Å²) in [5.74, 6) is 1.05. The summed E-state index contributed by atoms with van der Waals surface area (Å²) in [6.07, 6.45) is 7.00. The van der Waals surface area contributed by atoms with Crippen molar-refractivity contribution in [3.05, 3.63) is 0 Å². The third-order valence-electron chi connectivity index (χ3n) is 2.10. The number of carboxylic acids is 1. The van der Waals surface area contributed by atoms with E-state index in [4.69, 9.17) is 16.3 Å². The second-order valence-corrected chi connectivity index (χ2v) is 3.67. The number of unbranched alkanes of at least 4 members (excludes halogenated alkanes) is 1. The molecule has 2 amide bonds. The Balaban J connectivity index is 3.69. The molecule has 0 spiro atoms. The van der Waals surface area contributed by atoms with Crippen LogP contribution < -0.4 is 10.6 Å². The maximum atomic E-state index is 11.3. The lowest BCUT2D eigenvalue weighted by Gasteiger charge is -2.12. The van der Waals surface area contributed by atoms with Gasteiger partial charge in [0.05, 0.1) is 6.61 Å². The molecule has 1 unspecified atom stereocenters. The van der Waals surface area contributed by atoms with E-state index >= 15 is 0 Å². The molecule has 0 rings (SSSR count). The normalized spacial score (nSPS) is 11.3. The highest BCUT2D eigenvalue weighted by Gasteiger charge is 2.18. The summed E-state index contributed by atoms with van der Waals surface area (Å²) in [4.78, 5) is 22.0. The van der Waals surface area contributed by atoms with E-state index in [2.05, 4.69) is 23.5 Å². The minimum Gasteiger partial charge on any atom is -0.480 e. The molecule has 0 aliphatic rings. The summed E-state index contributed by atoms with van der Waals surface area (Å²) in [7, 11) is 0. The fraction of sp³-hybridized carbons (Fsp3) is 0.667. The number of nitrogens with one attached hydrogen (secondary N) is 2. The topological polar surface area (TPSA) is 87.7 Å². The highest BCUT2D eigenvalue weighted by molar-refractivity contribution is 5.82.